The summed E-state index contributed by atoms with van der Waals surface area (Å²) in [6, 6.07) is 6.19. The molecule has 2 rings (SSSR count). The SMILES string of the molecule is COC(=O)C(CCSC)NC(=O)c1cc2cc(OC)ccc2o1. The molecule has 23 heavy (non-hydrogen) atoms. The molecule has 2 aromatic rings. The molecule has 0 aliphatic rings. The second kappa shape index (κ2) is 7.92. The van der Waals surface area contributed by atoms with E-state index in [4.69, 9.17) is 13.9 Å². The van der Waals surface area contributed by atoms with Gasteiger partial charge in [-0.25, -0.2) is 4.79 Å². The number of amides is 1. The second-order valence-electron chi connectivity index (χ2n) is 4.85. The van der Waals surface area contributed by atoms with Crippen LogP contribution in [0.4, 0.5) is 0 Å². The lowest BCUT2D eigenvalue weighted by molar-refractivity contribution is -0.142. The van der Waals surface area contributed by atoms with Gasteiger partial charge in [0, 0.05) is 5.39 Å². The van der Waals surface area contributed by atoms with E-state index < -0.39 is 17.9 Å². The van der Waals surface area contributed by atoms with Gasteiger partial charge in [0.05, 0.1) is 14.2 Å². The Hall–Kier alpha value is -2.15. The average Bonchev–Trinajstić information content (AvgIpc) is 3.00. The van der Waals surface area contributed by atoms with Crippen molar-refractivity contribution < 1.29 is 23.5 Å². The van der Waals surface area contributed by atoms with E-state index in [1.807, 2.05) is 6.26 Å². The van der Waals surface area contributed by atoms with Crippen molar-refractivity contribution in [2.24, 2.45) is 0 Å². The molecule has 0 fully saturated rings. The van der Waals surface area contributed by atoms with E-state index in [1.165, 1.54) is 7.11 Å². The number of thioether (sulfide) groups is 1. The minimum atomic E-state index is -0.692. The van der Waals surface area contributed by atoms with Crippen molar-refractivity contribution in [3.63, 3.8) is 0 Å². The van der Waals surface area contributed by atoms with Crippen molar-refractivity contribution in [1.82, 2.24) is 5.32 Å². The Bertz CT molecular complexity index is 697. The van der Waals surface area contributed by atoms with Gasteiger partial charge in [-0.05, 0) is 42.7 Å². The largest absolute Gasteiger partial charge is 0.497 e. The molecule has 1 aromatic carbocycles. The number of fused-ring (bicyclic) bond motifs is 1. The fourth-order valence-corrected chi connectivity index (χ4v) is 2.59. The van der Waals surface area contributed by atoms with Crippen LogP contribution in [0.5, 0.6) is 5.75 Å². The van der Waals surface area contributed by atoms with Gasteiger partial charge in [0.2, 0.25) is 0 Å². The van der Waals surface area contributed by atoms with E-state index in [9.17, 15) is 9.59 Å². The molecule has 0 aliphatic carbocycles. The van der Waals surface area contributed by atoms with Crippen LogP contribution in [0.2, 0.25) is 0 Å². The van der Waals surface area contributed by atoms with Crippen molar-refractivity contribution in [3.8, 4) is 5.75 Å². The summed E-state index contributed by atoms with van der Waals surface area (Å²) in [5, 5.41) is 3.41. The number of methoxy groups -OCH3 is 2. The Balaban J connectivity index is 2.16. The summed E-state index contributed by atoms with van der Waals surface area (Å²) in [6.07, 6.45) is 2.43. The molecule has 6 nitrogen and oxygen atoms in total. The Labute approximate surface area is 138 Å². The maximum absolute atomic E-state index is 12.3. The zero-order chi connectivity index (χ0) is 16.8. The molecule has 0 spiro atoms. The van der Waals surface area contributed by atoms with Gasteiger partial charge in [-0.15, -0.1) is 0 Å². The van der Waals surface area contributed by atoms with E-state index in [1.54, 1.807) is 43.1 Å². The third kappa shape index (κ3) is 4.19. The maximum Gasteiger partial charge on any atom is 0.328 e. The fourth-order valence-electron chi connectivity index (χ4n) is 2.12. The van der Waals surface area contributed by atoms with E-state index in [-0.39, 0.29) is 5.76 Å². The van der Waals surface area contributed by atoms with Gasteiger partial charge in [-0.1, -0.05) is 0 Å². The molecule has 1 N–H and O–H groups in total. The highest BCUT2D eigenvalue weighted by atomic mass is 32.2. The lowest BCUT2D eigenvalue weighted by Gasteiger charge is -2.14. The monoisotopic (exact) mass is 337 g/mol. The van der Waals surface area contributed by atoms with Crippen LogP contribution in [-0.4, -0.2) is 44.1 Å². The van der Waals surface area contributed by atoms with Gasteiger partial charge >= 0.3 is 5.97 Å². The van der Waals surface area contributed by atoms with Crippen molar-refractivity contribution >= 4 is 34.6 Å². The number of furan rings is 1. The van der Waals surface area contributed by atoms with Crippen LogP contribution in [0.25, 0.3) is 11.0 Å². The smallest absolute Gasteiger partial charge is 0.328 e. The predicted octanol–water partition coefficient (Wildman–Crippen LogP) is 2.47. The molecular weight excluding hydrogens is 318 g/mol. The van der Waals surface area contributed by atoms with Crippen LogP contribution in [0.1, 0.15) is 17.0 Å². The zero-order valence-electron chi connectivity index (χ0n) is 13.3. The summed E-state index contributed by atoms with van der Waals surface area (Å²) in [5.41, 5.74) is 0.578. The van der Waals surface area contributed by atoms with Crippen LogP contribution in [0.15, 0.2) is 28.7 Å². The van der Waals surface area contributed by atoms with E-state index >= 15 is 0 Å². The third-order valence-electron chi connectivity index (χ3n) is 3.35. The highest BCUT2D eigenvalue weighted by Crippen LogP contribution is 2.24. The molecule has 1 unspecified atom stereocenters. The van der Waals surface area contributed by atoms with Gasteiger partial charge in [-0.2, -0.15) is 11.8 Å². The van der Waals surface area contributed by atoms with Gasteiger partial charge in [0.25, 0.3) is 5.91 Å². The van der Waals surface area contributed by atoms with E-state index in [0.717, 1.165) is 11.1 Å². The first-order valence-electron chi connectivity index (χ1n) is 7.04. The summed E-state index contributed by atoms with van der Waals surface area (Å²) in [7, 11) is 2.87. The first-order valence-corrected chi connectivity index (χ1v) is 8.43. The van der Waals surface area contributed by atoms with Gasteiger partial charge in [0.15, 0.2) is 5.76 Å². The minimum absolute atomic E-state index is 0.145. The van der Waals surface area contributed by atoms with Gasteiger partial charge < -0.3 is 19.2 Å². The minimum Gasteiger partial charge on any atom is -0.497 e. The van der Waals surface area contributed by atoms with E-state index in [0.29, 0.717) is 17.8 Å². The number of nitrogens with one attached hydrogen (secondary N) is 1. The number of carbonyl (C=O) groups excluding carboxylic acids is 2. The summed E-state index contributed by atoms with van der Waals surface area (Å²) < 4.78 is 15.4. The number of benzene rings is 1. The summed E-state index contributed by atoms with van der Waals surface area (Å²) in [4.78, 5) is 24.1. The van der Waals surface area contributed by atoms with Crippen molar-refractivity contribution in [2.45, 2.75) is 12.5 Å². The number of ether oxygens (including phenoxy) is 2. The van der Waals surface area contributed by atoms with Crippen LogP contribution >= 0.6 is 11.8 Å². The number of hydrogen-bond donors (Lipinski definition) is 1. The Kier molecular flexibility index (Phi) is 5.92. The number of carbonyl (C=O) groups is 2. The zero-order valence-corrected chi connectivity index (χ0v) is 14.1. The molecule has 124 valence electrons. The Morgan fingerprint density at radius 2 is 2.09 bits per heavy atom. The molecular formula is C16H19NO5S. The first-order chi connectivity index (χ1) is 11.1. The molecule has 1 heterocycles. The molecule has 0 saturated carbocycles. The highest BCUT2D eigenvalue weighted by Gasteiger charge is 2.23. The van der Waals surface area contributed by atoms with Crippen LogP contribution < -0.4 is 10.1 Å². The summed E-state index contributed by atoms with van der Waals surface area (Å²) in [5.74, 6) is 0.642. The summed E-state index contributed by atoms with van der Waals surface area (Å²) in [6.45, 7) is 0. The van der Waals surface area contributed by atoms with Crippen molar-refractivity contribution in [2.75, 3.05) is 26.2 Å². The highest BCUT2D eigenvalue weighted by molar-refractivity contribution is 7.98. The standard InChI is InChI=1S/C16H19NO5S/c1-20-11-4-5-13-10(8-11)9-14(22-13)15(18)17-12(6-7-23-3)16(19)21-2/h4-5,8-9,12H,6-7H2,1-3H3,(H,17,18). The van der Waals surface area contributed by atoms with Gasteiger partial charge in [-0.3, -0.25) is 4.79 Å². The molecule has 0 radical (unpaired) electrons. The number of esters is 1. The third-order valence-corrected chi connectivity index (χ3v) is 3.99. The maximum atomic E-state index is 12.3. The average molecular weight is 337 g/mol. The molecule has 0 saturated heterocycles. The first kappa shape index (κ1) is 17.2. The number of rotatable bonds is 7. The van der Waals surface area contributed by atoms with E-state index in [2.05, 4.69) is 5.32 Å². The van der Waals surface area contributed by atoms with Crippen LogP contribution in [0.3, 0.4) is 0 Å². The Morgan fingerprint density at radius 1 is 1.30 bits per heavy atom. The molecule has 1 atom stereocenters. The van der Waals surface area contributed by atoms with Gasteiger partial charge in [0.1, 0.15) is 17.4 Å². The van der Waals surface area contributed by atoms with Crippen LogP contribution in [0, 0.1) is 0 Å². The lowest BCUT2D eigenvalue weighted by atomic mass is 10.2. The topological polar surface area (TPSA) is 77.8 Å². The molecule has 0 aliphatic heterocycles. The quantitative estimate of drug-likeness (QED) is 0.782. The lowest BCUT2D eigenvalue weighted by Crippen LogP contribution is -2.41. The fraction of sp³-hybridized carbons (Fsp3) is 0.375. The molecule has 1 amide bonds. The molecule has 0 bridgehead atoms. The molecule has 7 heteroatoms. The molecule has 1 aromatic heterocycles. The second-order valence-corrected chi connectivity index (χ2v) is 5.83. The van der Waals surface area contributed by atoms with Crippen LogP contribution in [-0.2, 0) is 9.53 Å². The summed E-state index contributed by atoms with van der Waals surface area (Å²) >= 11 is 1.59. The van der Waals surface area contributed by atoms with Crippen molar-refractivity contribution in [1.29, 1.82) is 0 Å². The normalized spacial score (nSPS) is 12.0. The number of hydrogen-bond acceptors (Lipinski definition) is 6. The Morgan fingerprint density at radius 3 is 2.74 bits per heavy atom. The predicted molar refractivity (Wildman–Crippen MR) is 89.0 cm³/mol. The van der Waals surface area contributed by atoms with Crippen molar-refractivity contribution in [3.05, 3.63) is 30.0 Å².